The van der Waals surface area contributed by atoms with Crippen LogP contribution in [0.4, 0.5) is 4.79 Å². The van der Waals surface area contributed by atoms with Crippen molar-refractivity contribution in [3.05, 3.63) is 23.8 Å². The molecule has 0 aromatic heterocycles. The Morgan fingerprint density at radius 1 is 1.19 bits per heavy atom. The van der Waals surface area contributed by atoms with Crippen molar-refractivity contribution in [2.24, 2.45) is 5.92 Å². The molecule has 1 aliphatic rings. The highest BCUT2D eigenvalue weighted by atomic mass is 16.6. The van der Waals surface area contributed by atoms with E-state index in [1.54, 1.807) is 23.1 Å². The Morgan fingerprint density at radius 3 is 2.44 bits per heavy atom. The van der Waals surface area contributed by atoms with E-state index in [0.29, 0.717) is 36.6 Å². The summed E-state index contributed by atoms with van der Waals surface area (Å²) in [6.07, 6.45) is 0.357. The summed E-state index contributed by atoms with van der Waals surface area (Å²) in [7, 11) is 2.82. The number of likely N-dealkylation sites (tertiary alicyclic amines) is 1. The van der Waals surface area contributed by atoms with Crippen molar-refractivity contribution in [1.29, 1.82) is 0 Å². The number of carbonyl (C=O) groups is 2. The summed E-state index contributed by atoms with van der Waals surface area (Å²) in [5, 5.41) is 0. The molecule has 7 nitrogen and oxygen atoms in total. The Morgan fingerprint density at radius 2 is 1.89 bits per heavy atom. The van der Waals surface area contributed by atoms with Crippen LogP contribution < -0.4 is 9.47 Å². The summed E-state index contributed by atoms with van der Waals surface area (Å²) < 4.78 is 21.6. The first-order valence-electron chi connectivity index (χ1n) is 9.05. The van der Waals surface area contributed by atoms with Gasteiger partial charge in [-0.1, -0.05) is 6.92 Å². The van der Waals surface area contributed by atoms with Gasteiger partial charge in [0.1, 0.15) is 28.8 Å². The number of rotatable bonds is 4. The van der Waals surface area contributed by atoms with Crippen molar-refractivity contribution in [2.45, 2.75) is 45.8 Å². The second-order valence-electron chi connectivity index (χ2n) is 7.70. The lowest BCUT2D eigenvalue weighted by molar-refractivity contribution is 0.000345. The zero-order chi connectivity index (χ0) is 20.2. The molecule has 1 fully saturated rings. The van der Waals surface area contributed by atoms with E-state index in [9.17, 15) is 9.59 Å². The maximum atomic E-state index is 12.2. The van der Waals surface area contributed by atoms with Crippen molar-refractivity contribution < 1.29 is 28.5 Å². The van der Waals surface area contributed by atoms with Crippen LogP contribution in [0.25, 0.3) is 0 Å². The summed E-state index contributed by atoms with van der Waals surface area (Å²) in [5.74, 6) is 0.690. The molecular formula is C20H29NO6. The van der Waals surface area contributed by atoms with E-state index in [2.05, 4.69) is 0 Å². The number of hydrogen-bond donors (Lipinski definition) is 0. The fourth-order valence-electron chi connectivity index (χ4n) is 2.99. The Hall–Kier alpha value is -2.44. The lowest BCUT2D eigenvalue weighted by Crippen LogP contribution is -2.48. The standard InChI is InChI=1S/C20H29NO6/c1-13-12-21(19(23)27-20(2,3)4)10-9-16(13)26-14-7-8-15(18(22)25-6)17(11-14)24-5/h7-8,11,13,16H,9-10,12H2,1-6H3. The average molecular weight is 379 g/mol. The van der Waals surface area contributed by atoms with Crippen LogP contribution in [0.15, 0.2) is 18.2 Å². The normalized spacial score (nSPS) is 20.0. The Kier molecular flexibility index (Phi) is 6.57. The van der Waals surface area contributed by atoms with Crippen LogP contribution in [0.1, 0.15) is 44.5 Å². The van der Waals surface area contributed by atoms with Gasteiger partial charge >= 0.3 is 12.1 Å². The molecule has 1 aromatic carbocycles. The van der Waals surface area contributed by atoms with Gasteiger partial charge in [-0.05, 0) is 32.9 Å². The van der Waals surface area contributed by atoms with Gasteiger partial charge in [-0.2, -0.15) is 0 Å². The zero-order valence-corrected chi connectivity index (χ0v) is 16.9. The fraction of sp³-hybridized carbons (Fsp3) is 0.600. The topological polar surface area (TPSA) is 74.3 Å². The molecule has 0 N–H and O–H groups in total. The van der Waals surface area contributed by atoms with Gasteiger partial charge in [0.25, 0.3) is 0 Å². The maximum absolute atomic E-state index is 12.2. The van der Waals surface area contributed by atoms with Gasteiger partial charge in [-0.3, -0.25) is 0 Å². The first kappa shape index (κ1) is 20.9. The summed E-state index contributed by atoms with van der Waals surface area (Å²) in [5.41, 5.74) is -0.161. The molecule has 0 radical (unpaired) electrons. The SMILES string of the molecule is COC(=O)c1ccc(OC2CCN(C(=O)OC(C)(C)C)CC2C)cc1OC. The summed E-state index contributed by atoms with van der Waals surface area (Å²) in [6.45, 7) is 8.75. The van der Waals surface area contributed by atoms with E-state index in [1.807, 2.05) is 27.7 Å². The maximum Gasteiger partial charge on any atom is 0.410 e. The van der Waals surface area contributed by atoms with E-state index in [0.717, 1.165) is 0 Å². The van der Waals surface area contributed by atoms with Crippen molar-refractivity contribution in [3.63, 3.8) is 0 Å². The van der Waals surface area contributed by atoms with E-state index >= 15 is 0 Å². The highest BCUT2D eigenvalue weighted by Crippen LogP contribution is 2.29. The Balaban J connectivity index is 2.01. The van der Waals surface area contributed by atoms with E-state index in [4.69, 9.17) is 18.9 Å². The molecule has 7 heteroatoms. The smallest absolute Gasteiger partial charge is 0.410 e. The molecule has 0 bridgehead atoms. The predicted molar refractivity (Wildman–Crippen MR) is 100 cm³/mol. The largest absolute Gasteiger partial charge is 0.496 e. The molecule has 2 atom stereocenters. The predicted octanol–water partition coefficient (Wildman–Crippen LogP) is 3.51. The van der Waals surface area contributed by atoms with Crippen LogP contribution in [-0.2, 0) is 9.47 Å². The monoisotopic (exact) mass is 379 g/mol. The summed E-state index contributed by atoms with van der Waals surface area (Å²) in [4.78, 5) is 25.7. The van der Waals surface area contributed by atoms with Crippen LogP contribution in [0.5, 0.6) is 11.5 Å². The number of nitrogens with zero attached hydrogens (tertiary/aromatic N) is 1. The molecule has 1 amide bonds. The minimum atomic E-state index is -0.508. The van der Waals surface area contributed by atoms with E-state index < -0.39 is 11.6 Å². The molecule has 0 aliphatic carbocycles. The van der Waals surface area contributed by atoms with Crippen LogP contribution in [0.3, 0.4) is 0 Å². The van der Waals surface area contributed by atoms with Crippen LogP contribution >= 0.6 is 0 Å². The third-order valence-corrected chi connectivity index (χ3v) is 4.34. The Labute approximate surface area is 160 Å². The van der Waals surface area contributed by atoms with Crippen LogP contribution in [-0.4, -0.2) is 56.0 Å². The van der Waals surface area contributed by atoms with Crippen molar-refractivity contribution in [2.75, 3.05) is 27.3 Å². The van der Waals surface area contributed by atoms with Gasteiger partial charge in [-0.15, -0.1) is 0 Å². The number of esters is 1. The van der Waals surface area contributed by atoms with Gasteiger partial charge in [0, 0.05) is 31.5 Å². The molecule has 2 rings (SSSR count). The quantitative estimate of drug-likeness (QED) is 0.746. The van der Waals surface area contributed by atoms with E-state index in [1.165, 1.54) is 14.2 Å². The second-order valence-corrected chi connectivity index (χ2v) is 7.70. The van der Waals surface area contributed by atoms with Crippen molar-refractivity contribution in [1.82, 2.24) is 4.90 Å². The second kappa shape index (κ2) is 8.50. The average Bonchev–Trinajstić information content (AvgIpc) is 2.61. The molecule has 1 heterocycles. The van der Waals surface area contributed by atoms with Gasteiger partial charge in [0.15, 0.2) is 0 Å². The Bertz CT molecular complexity index is 682. The highest BCUT2D eigenvalue weighted by Gasteiger charge is 2.32. The van der Waals surface area contributed by atoms with E-state index in [-0.39, 0.29) is 18.1 Å². The first-order valence-corrected chi connectivity index (χ1v) is 9.05. The number of amides is 1. The molecule has 2 unspecified atom stereocenters. The third-order valence-electron chi connectivity index (χ3n) is 4.34. The minimum Gasteiger partial charge on any atom is -0.496 e. The molecule has 1 saturated heterocycles. The molecule has 0 spiro atoms. The lowest BCUT2D eigenvalue weighted by atomic mass is 9.96. The number of hydrogen-bond acceptors (Lipinski definition) is 6. The first-order chi connectivity index (χ1) is 12.6. The number of piperidine rings is 1. The minimum absolute atomic E-state index is 0.0441. The van der Waals surface area contributed by atoms with Crippen LogP contribution in [0.2, 0.25) is 0 Å². The third kappa shape index (κ3) is 5.52. The number of carbonyl (C=O) groups excluding carboxylic acids is 2. The van der Waals surface area contributed by atoms with Crippen LogP contribution in [0, 0.1) is 5.92 Å². The number of ether oxygens (including phenoxy) is 4. The van der Waals surface area contributed by atoms with Crippen molar-refractivity contribution in [3.8, 4) is 11.5 Å². The number of benzene rings is 1. The zero-order valence-electron chi connectivity index (χ0n) is 16.9. The van der Waals surface area contributed by atoms with Gasteiger partial charge in [0.2, 0.25) is 0 Å². The molecular weight excluding hydrogens is 350 g/mol. The van der Waals surface area contributed by atoms with Gasteiger partial charge in [0.05, 0.1) is 14.2 Å². The van der Waals surface area contributed by atoms with Gasteiger partial charge in [-0.25, -0.2) is 9.59 Å². The highest BCUT2D eigenvalue weighted by molar-refractivity contribution is 5.92. The fourth-order valence-corrected chi connectivity index (χ4v) is 2.99. The van der Waals surface area contributed by atoms with Gasteiger partial charge < -0.3 is 23.8 Å². The number of methoxy groups -OCH3 is 2. The molecule has 1 aromatic rings. The van der Waals surface area contributed by atoms with Crippen molar-refractivity contribution >= 4 is 12.1 Å². The summed E-state index contributed by atoms with van der Waals surface area (Å²) in [6, 6.07) is 5.03. The molecule has 1 aliphatic heterocycles. The summed E-state index contributed by atoms with van der Waals surface area (Å²) >= 11 is 0. The lowest BCUT2D eigenvalue weighted by Gasteiger charge is -2.37. The molecule has 27 heavy (non-hydrogen) atoms. The molecule has 0 saturated carbocycles. The molecule has 150 valence electrons.